The van der Waals surface area contributed by atoms with Crippen molar-refractivity contribution in [2.45, 2.75) is 32.3 Å². The molecule has 86 valence electrons. The zero-order chi connectivity index (χ0) is 11.4. The smallest absolute Gasteiger partial charge is 0.122 e. The maximum atomic E-state index is 5.93. The van der Waals surface area contributed by atoms with Crippen molar-refractivity contribution >= 4 is 11.6 Å². The summed E-state index contributed by atoms with van der Waals surface area (Å²) in [5, 5.41) is 0.795. The van der Waals surface area contributed by atoms with Crippen LogP contribution in [0.2, 0.25) is 5.02 Å². The van der Waals surface area contributed by atoms with Crippen LogP contribution >= 0.6 is 11.6 Å². The van der Waals surface area contributed by atoms with E-state index in [1.165, 1.54) is 18.4 Å². The molecule has 2 fully saturated rings. The Morgan fingerprint density at radius 2 is 1.81 bits per heavy atom. The minimum Gasteiger partial charge on any atom is -0.364 e. The second-order valence-corrected chi connectivity index (χ2v) is 6.05. The van der Waals surface area contributed by atoms with E-state index in [2.05, 4.69) is 26.0 Å². The van der Waals surface area contributed by atoms with Gasteiger partial charge in [-0.2, -0.15) is 0 Å². The van der Waals surface area contributed by atoms with Crippen molar-refractivity contribution in [1.82, 2.24) is 0 Å². The third-order valence-electron chi connectivity index (χ3n) is 4.38. The average molecular weight is 237 g/mol. The lowest BCUT2D eigenvalue weighted by atomic mass is 9.71. The third-order valence-corrected chi connectivity index (χ3v) is 4.63. The van der Waals surface area contributed by atoms with Crippen molar-refractivity contribution in [2.24, 2.45) is 11.3 Å². The molecule has 1 aromatic rings. The monoisotopic (exact) mass is 236 g/mol. The molecule has 1 unspecified atom stereocenters. The molecule has 1 aliphatic heterocycles. The molecule has 1 heterocycles. The Labute approximate surface area is 102 Å². The van der Waals surface area contributed by atoms with Crippen LogP contribution < -0.4 is 0 Å². The number of halogens is 1. The lowest BCUT2D eigenvalue weighted by Gasteiger charge is -2.32. The lowest BCUT2D eigenvalue weighted by molar-refractivity contribution is 0.112. The lowest BCUT2D eigenvalue weighted by Crippen LogP contribution is -2.33. The Morgan fingerprint density at radius 1 is 1.25 bits per heavy atom. The van der Waals surface area contributed by atoms with E-state index in [4.69, 9.17) is 16.3 Å². The minimum absolute atomic E-state index is 0.0429. The molecule has 1 atom stereocenters. The van der Waals surface area contributed by atoms with Gasteiger partial charge in [-0.3, -0.25) is 0 Å². The quantitative estimate of drug-likeness (QED) is 0.723. The van der Waals surface area contributed by atoms with Crippen LogP contribution in [0.1, 0.15) is 32.3 Å². The molecule has 2 aliphatic rings. The topological polar surface area (TPSA) is 12.5 Å². The number of epoxide rings is 1. The Bertz CT molecular complexity index is 399. The largest absolute Gasteiger partial charge is 0.364 e. The first kappa shape index (κ1) is 10.6. The molecule has 1 saturated heterocycles. The van der Waals surface area contributed by atoms with Gasteiger partial charge in [-0.25, -0.2) is 0 Å². The van der Waals surface area contributed by atoms with Gasteiger partial charge in [-0.15, -0.1) is 0 Å². The van der Waals surface area contributed by atoms with Gasteiger partial charge in [0.05, 0.1) is 6.61 Å². The number of rotatable bonds is 3. The first-order valence-corrected chi connectivity index (χ1v) is 6.34. The minimum atomic E-state index is -0.0429. The normalized spacial score (nSPS) is 29.2. The Balaban J connectivity index is 1.96. The summed E-state index contributed by atoms with van der Waals surface area (Å²) in [6.07, 6.45) is 2.71. The summed E-state index contributed by atoms with van der Waals surface area (Å²) in [6, 6.07) is 8.14. The van der Waals surface area contributed by atoms with E-state index in [1.807, 2.05) is 12.1 Å². The van der Waals surface area contributed by atoms with E-state index in [1.54, 1.807) is 0 Å². The van der Waals surface area contributed by atoms with Crippen molar-refractivity contribution in [1.29, 1.82) is 0 Å². The van der Waals surface area contributed by atoms with Gasteiger partial charge in [-0.1, -0.05) is 37.6 Å². The van der Waals surface area contributed by atoms with Gasteiger partial charge in [-0.05, 0) is 36.5 Å². The molecule has 0 N–H and O–H groups in total. The first-order valence-electron chi connectivity index (χ1n) is 5.96. The van der Waals surface area contributed by atoms with Gasteiger partial charge in [0.1, 0.15) is 5.60 Å². The zero-order valence-corrected chi connectivity index (χ0v) is 10.6. The summed E-state index contributed by atoms with van der Waals surface area (Å²) in [5.74, 6) is 0.825. The van der Waals surface area contributed by atoms with Gasteiger partial charge in [0, 0.05) is 10.4 Å². The molecule has 0 spiro atoms. The highest BCUT2D eigenvalue weighted by molar-refractivity contribution is 6.30. The molecule has 1 aliphatic carbocycles. The summed E-state index contributed by atoms with van der Waals surface area (Å²) >= 11 is 5.93. The molecular weight excluding hydrogens is 220 g/mol. The van der Waals surface area contributed by atoms with Crippen LogP contribution in [0.4, 0.5) is 0 Å². The van der Waals surface area contributed by atoms with E-state index >= 15 is 0 Å². The van der Waals surface area contributed by atoms with Gasteiger partial charge < -0.3 is 4.74 Å². The molecule has 16 heavy (non-hydrogen) atoms. The van der Waals surface area contributed by atoms with Crippen LogP contribution in [0.25, 0.3) is 0 Å². The molecule has 0 aromatic heterocycles. The van der Waals surface area contributed by atoms with Crippen LogP contribution in [-0.4, -0.2) is 6.61 Å². The fourth-order valence-electron chi connectivity index (χ4n) is 2.84. The van der Waals surface area contributed by atoms with Crippen molar-refractivity contribution in [2.75, 3.05) is 6.61 Å². The average Bonchev–Trinajstić information content (AvgIpc) is 3.12. The zero-order valence-electron chi connectivity index (χ0n) is 9.79. The number of hydrogen-bond donors (Lipinski definition) is 0. The van der Waals surface area contributed by atoms with Gasteiger partial charge in [0.2, 0.25) is 0 Å². The number of ether oxygens (including phenoxy) is 1. The first-order chi connectivity index (χ1) is 7.56. The van der Waals surface area contributed by atoms with Crippen molar-refractivity contribution in [3.63, 3.8) is 0 Å². The SMILES string of the molecule is CC(C)(C1CC1)C1(c2ccc(Cl)cc2)CO1. The fourth-order valence-corrected chi connectivity index (χ4v) is 2.96. The highest BCUT2D eigenvalue weighted by atomic mass is 35.5. The highest BCUT2D eigenvalue weighted by Gasteiger charge is 2.62. The van der Waals surface area contributed by atoms with Gasteiger partial charge >= 0.3 is 0 Å². The molecule has 1 saturated carbocycles. The molecule has 0 bridgehead atoms. The standard InChI is InChI=1S/C14H17ClO/c1-13(2,10-3-4-10)14(9-16-14)11-5-7-12(15)8-6-11/h5-8,10H,3-4,9H2,1-2H3. The van der Waals surface area contributed by atoms with Crippen molar-refractivity contribution < 1.29 is 4.74 Å². The summed E-state index contributed by atoms with van der Waals surface area (Å²) in [7, 11) is 0. The van der Waals surface area contributed by atoms with Crippen LogP contribution in [0.15, 0.2) is 24.3 Å². The molecule has 2 heteroatoms. The Kier molecular flexibility index (Phi) is 2.15. The van der Waals surface area contributed by atoms with Crippen LogP contribution in [0.5, 0.6) is 0 Å². The molecule has 0 radical (unpaired) electrons. The summed E-state index contributed by atoms with van der Waals surface area (Å²) in [6.45, 7) is 5.54. The molecule has 0 amide bonds. The third kappa shape index (κ3) is 1.42. The van der Waals surface area contributed by atoms with Crippen LogP contribution in [-0.2, 0) is 10.3 Å². The predicted molar refractivity (Wildman–Crippen MR) is 65.6 cm³/mol. The van der Waals surface area contributed by atoms with E-state index in [0.29, 0.717) is 0 Å². The maximum Gasteiger partial charge on any atom is 0.122 e. The van der Waals surface area contributed by atoms with E-state index in [0.717, 1.165) is 17.5 Å². The molecule has 1 nitrogen and oxygen atoms in total. The Morgan fingerprint density at radius 3 is 2.25 bits per heavy atom. The summed E-state index contributed by atoms with van der Waals surface area (Å²) in [4.78, 5) is 0. The number of hydrogen-bond acceptors (Lipinski definition) is 1. The molecule has 3 rings (SSSR count). The van der Waals surface area contributed by atoms with Crippen molar-refractivity contribution in [3.05, 3.63) is 34.9 Å². The van der Waals surface area contributed by atoms with Gasteiger partial charge in [0.15, 0.2) is 0 Å². The van der Waals surface area contributed by atoms with Crippen molar-refractivity contribution in [3.8, 4) is 0 Å². The Hall–Kier alpha value is -0.530. The second-order valence-electron chi connectivity index (χ2n) is 5.62. The molecular formula is C14H17ClO. The highest BCUT2D eigenvalue weighted by Crippen LogP contribution is 2.62. The van der Waals surface area contributed by atoms with E-state index in [-0.39, 0.29) is 11.0 Å². The molecule has 1 aromatic carbocycles. The second kappa shape index (κ2) is 3.24. The predicted octanol–water partition coefficient (Wildman–Crippen LogP) is 4.00. The van der Waals surface area contributed by atoms with E-state index < -0.39 is 0 Å². The fraction of sp³-hybridized carbons (Fsp3) is 0.571. The van der Waals surface area contributed by atoms with E-state index in [9.17, 15) is 0 Å². The van der Waals surface area contributed by atoms with Gasteiger partial charge in [0.25, 0.3) is 0 Å². The van der Waals surface area contributed by atoms with Crippen LogP contribution in [0, 0.1) is 11.3 Å². The number of benzene rings is 1. The summed E-state index contributed by atoms with van der Waals surface area (Å²) < 4.78 is 5.85. The van der Waals surface area contributed by atoms with Crippen LogP contribution in [0.3, 0.4) is 0 Å². The maximum absolute atomic E-state index is 5.93. The summed E-state index contributed by atoms with van der Waals surface area (Å²) in [5.41, 5.74) is 1.49.